The highest BCUT2D eigenvalue weighted by molar-refractivity contribution is 9.10. The van der Waals surface area contributed by atoms with Gasteiger partial charge in [0.05, 0.1) is 28.3 Å². The van der Waals surface area contributed by atoms with Crippen molar-refractivity contribution in [1.82, 2.24) is 29.2 Å². The first kappa shape index (κ1) is 22.5. The number of fused-ring (bicyclic) bond motifs is 2. The normalized spacial score (nSPS) is 10.9. The Kier molecular flexibility index (Phi) is 6.32. The van der Waals surface area contributed by atoms with Gasteiger partial charge in [-0.25, -0.2) is 19.0 Å². The SMILES string of the molecule is Cc1ccccc1-c1cc(Cl)n2ncc(Br)c2n1.Clc1cc(-c2ccccc2)nc2ccnn12. The molecule has 0 aliphatic carbocycles. The van der Waals surface area contributed by atoms with Gasteiger partial charge in [-0.15, -0.1) is 0 Å². The number of aryl methyl sites for hydroxylation is 1. The molecule has 4 heterocycles. The van der Waals surface area contributed by atoms with Crippen LogP contribution in [-0.4, -0.2) is 29.2 Å². The third kappa shape index (κ3) is 4.42. The maximum absolute atomic E-state index is 6.22. The van der Waals surface area contributed by atoms with Crippen LogP contribution in [0.2, 0.25) is 10.3 Å². The molecule has 34 heavy (non-hydrogen) atoms. The van der Waals surface area contributed by atoms with Crippen LogP contribution in [0.15, 0.2) is 89.7 Å². The molecule has 0 unspecified atom stereocenters. The van der Waals surface area contributed by atoms with Crippen LogP contribution in [0.25, 0.3) is 33.8 Å². The van der Waals surface area contributed by atoms with Crippen molar-refractivity contribution in [3.63, 3.8) is 0 Å². The van der Waals surface area contributed by atoms with E-state index in [1.54, 1.807) is 21.4 Å². The maximum Gasteiger partial charge on any atom is 0.171 e. The van der Waals surface area contributed by atoms with Gasteiger partial charge in [-0.3, -0.25) is 0 Å². The van der Waals surface area contributed by atoms with Crippen LogP contribution in [0.5, 0.6) is 0 Å². The fourth-order valence-corrected chi connectivity index (χ4v) is 4.34. The molecular weight excluding hydrogens is 535 g/mol. The zero-order valence-corrected chi connectivity index (χ0v) is 21.0. The molecule has 0 aliphatic heterocycles. The van der Waals surface area contributed by atoms with E-state index in [2.05, 4.69) is 49.1 Å². The van der Waals surface area contributed by atoms with Gasteiger partial charge in [0.2, 0.25) is 0 Å². The molecule has 0 bridgehead atoms. The lowest BCUT2D eigenvalue weighted by Gasteiger charge is -2.06. The van der Waals surface area contributed by atoms with E-state index in [9.17, 15) is 0 Å². The van der Waals surface area contributed by atoms with Gasteiger partial charge < -0.3 is 0 Å². The van der Waals surface area contributed by atoms with Crippen molar-refractivity contribution in [3.05, 3.63) is 106 Å². The Morgan fingerprint density at radius 1 is 0.765 bits per heavy atom. The summed E-state index contributed by atoms with van der Waals surface area (Å²) in [7, 11) is 0. The smallest absolute Gasteiger partial charge is 0.171 e. The Balaban J connectivity index is 0.000000142. The average Bonchev–Trinajstić information content (AvgIpc) is 3.48. The van der Waals surface area contributed by atoms with E-state index in [0.29, 0.717) is 10.3 Å². The van der Waals surface area contributed by atoms with E-state index in [0.717, 1.165) is 38.3 Å². The van der Waals surface area contributed by atoms with Crippen molar-refractivity contribution >= 4 is 50.4 Å². The molecule has 0 spiro atoms. The van der Waals surface area contributed by atoms with E-state index in [1.165, 1.54) is 5.56 Å². The summed E-state index contributed by atoms with van der Waals surface area (Å²) in [6.45, 7) is 2.06. The third-order valence-electron chi connectivity index (χ3n) is 5.19. The highest BCUT2D eigenvalue weighted by atomic mass is 79.9. The number of benzene rings is 2. The van der Waals surface area contributed by atoms with E-state index in [1.807, 2.05) is 66.7 Å². The van der Waals surface area contributed by atoms with E-state index < -0.39 is 0 Å². The van der Waals surface area contributed by atoms with Crippen LogP contribution in [0.1, 0.15) is 5.56 Å². The van der Waals surface area contributed by atoms with Crippen LogP contribution >= 0.6 is 39.1 Å². The minimum absolute atomic E-state index is 0.545. The zero-order valence-electron chi connectivity index (χ0n) is 17.9. The average molecular weight is 552 g/mol. The summed E-state index contributed by atoms with van der Waals surface area (Å²) in [6, 6.07) is 23.5. The van der Waals surface area contributed by atoms with Gasteiger partial charge in [-0.05, 0) is 28.4 Å². The standard InChI is InChI=1S/C13H9BrClN3.C12H8ClN3/c1-8-4-2-3-5-9(8)11-6-12(15)18-13(17-11)10(14)7-16-18;13-11-8-10(9-4-2-1-3-5-9)15-12-6-7-14-16(11)12/h2-7H,1H3;1-8H. The Morgan fingerprint density at radius 3 is 2.26 bits per heavy atom. The van der Waals surface area contributed by atoms with Crippen molar-refractivity contribution < 1.29 is 0 Å². The Morgan fingerprint density at radius 2 is 1.47 bits per heavy atom. The van der Waals surface area contributed by atoms with Crippen molar-refractivity contribution in [3.8, 4) is 22.5 Å². The molecule has 4 aromatic heterocycles. The van der Waals surface area contributed by atoms with Crippen molar-refractivity contribution in [2.75, 3.05) is 0 Å². The van der Waals surface area contributed by atoms with Gasteiger partial charge in [-0.1, -0.05) is 77.8 Å². The maximum atomic E-state index is 6.22. The summed E-state index contributed by atoms with van der Waals surface area (Å²) in [6.07, 6.45) is 3.37. The second-order valence-electron chi connectivity index (χ2n) is 7.44. The van der Waals surface area contributed by atoms with Crippen LogP contribution in [0.4, 0.5) is 0 Å². The first-order valence-corrected chi connectivity index (χ1v) is 11.9. The Hall–Kier alpha value is -3.26. The lowest BCUT2D eigenvalue weighted by atomic mass is 10.1. The summed E-state index contributed by atoms with van der Waals surface area (Å²) in [4.78, 5) is 9.08. The third-order valence-corrected chi connectivity index (χ3v) is 6.29. The molecule has 0 amide bonds. The number of aromatic nitrogens is 6. The van der Waals surface area contributed by atoms with Gasteiger partial charge in [0, 0.05) is 29.3 Å². The minimum Gasteiger partial charge on any atom is -0.228 e. The molecule has 6 nitrogen and oxygen atoms in total. The summed E-state index contributed by atoms with van der Waals surface area (Å²) in [5.41, 5.74) is 6.49. The lowest BCUT2D eigenvalue weighted by Crippen LogP contribution is -1.95. The predicted molar refractivity (Wildman–Crippen MR) is 139 cm³/mol. The van der Waals surface area contributed by atoms with Crippen LogP contribution < -0.4 is 0 Å². The van der Waals surface area contributed by atoms with Crippen molar-refractivity contribution in [2.45, 2.75) is 6.92 Å². The first-order valence-electron chi connectivity index (χ1n) is 10.3. The molecule has 6 aromatic rings. The van der Waals surface area contributed by atoms with Crippen LogP contribution in [0, 0.1) is 6.92 Å². The lowest BCUT2D eigenvalue weighted by molar-refractivity contribution is 0.941. The number of rotatable bonds is 2. The van der Waals surface area contributed by atoms with Gasteiger partial charge in [0.15, 0.2) is 11.3 Å². The van der Waals surface area contributed by atoms with Gasteiger partial charge in [0.25, 0.3) is 0 Å². The molecule has 0 atom stereocenters. The number of hydrogen-bond donors (Lipinski definition) is 0. The van der Waals surface area contributed by atoms with E-state index in [-0.39, 0.29) is 0 Å². The van der Waals surface area contributed by atoms with E-state index >= 15 is 0 Å². The fourth-order valence-electron chi connectivity index (χ4n) is 3.53. The minimum atomic E-state index is 0.545. The molecule has 0 fully saturated rings. The molecule has 2 aromatic carbocycles. The quantitative estimate of drug-likeness (QED) is 0.214. The number of hydrogen-bond acceptors (Lipinski definition) is 4. The molecule has 0 saturated heterocycles. The molecule has 9 heteroatoms. The van der Waals surface area contributed by atoms with Crippen LogP contribution in [-0.2, 0) is 0 Å². The predicted octanol–water partition coefficient (Wildman–Crippen LogP) is 7.17. The van der Waals surface area contributed by atoms with Gasteiger partial charge in [0.1, 0.15) is 10.3 Å². The second kappa shape index (κ2) is 9.54. The van der Waals surface area contributed by atoms with Gasteiger partial charge in [-0.2, -0.15) is 10.2 Å². The Bertz CT molecular complexity index is 1610. The van der Waals surface area contributed by atoms with Gasteiger partial charge >= 0.3 is 0 Å². The molecule has 0 saturated carbocycles. The van der Waals surface area contributed by atoms with E-state index in [4.69, 9.17) is 23.2 Å². The Labute approximate surface area is 213 Å². The summed E-state index contributed by atoms with van der Waals surface area (Å²) in [5.74, 6) is 0. The summed E-state index contributed by atoms with van der Waals surface area (Å²) >= 11 is 15.8. The molecule has 0 radical (unpaired) electrons. The highest BCUT2D eigenvalue weighted by Crippen LogP contribution is 2.27. The molecule has 0 aliphatic rings. The summed E-state index contributed by atoms with van der Waals surface area (Å²) in [5, 5.41) is 9.33. The molecule has 0 N–H and O–H groups in total. The highest BCUT2D eigenvalue weighted by Gasteiger charge is 2.11. The molecule has 6 rings (SSSR count). The fraction of sp³-hybridized carbons (Fsp3) is 0.0400. The number of halogens is 3. The summed E-state index contributed by atoms with van der Waals surface area (Å²) < 4.78 is 4.04. The topological polar surface area (TPSA) is 60.4 Å². The van der Waals surface area contributed by atoms with Crippen molar-refractivity contribution in [1.29, 1.82) is 0 Å². The largest absolute Gasteiger partial charge is 0.228 e. The van der Waals surface area contributed by atoms with Crippen molar-refractivity contribution in [2.24, 2.45) is 0 Å². The first-order chi connectivity index (χ1) is 16.5. The zero-order chi connectivity index (χ0) is 23.7. The monoisotopic (exact) mass is 550 g/mol. The second-order valence-corrected chi connectivity index (χ2v) is 9.07. The van der Waals surface area contributed by atoms with Crippen LogP contribution in [0.3, 0.4) is 0 Å². The molecular formula is C25H17BrCl2N6. The molecule has 168 valence electrons. The number of nitrogens with zero attached hydrogens (tertiary/aromatic N) is 6.